The van der Waals surface area contributed by atoms with Gasteiger partial charge in [-0.15, -0.1) is 0 Å². The Hall–Kier alpha value is -1.61. The van der Waals surface area contributed by atoms with Crippen molar-refractivity contribution in [2.75, 3.05) is 5.32 Å². The molecule has 1 rings (SSSR count). The van der Waals surface area contributed by atoms with Crippen molar-refractivity contribution >= 4 is 5.69 Å². The van der Waals surface area contributed by atoms with Gasteiger partial charge in [-0.2, -0.15) is 39.5 Å². The summed E-state index contributed by atoms with van der Waals surface area (Å²) in [5.41, 5.74) is -6.54. The molecule has 0 aliphatic heterocycles. The monoisotopic (exact) mass is 325 g/mol. The van der Waals surface area contributed by atoms with Gasteiger partial charge in [0.25, 0.3) is 0 Å². The number of anilines is 1. The van der Waals surface area contributed by atoms with Gasteiger partial charge in [-0.25, -0.2) is 0 Å². The van der Waals surface area contributed by atoms with Crippen molar-refractivity contribution in [2.45, 2.75) is 31.0 Å². The molecule has 21 heavy (non-hydrogen) atoms. The van der Waals surface area contributed by atoms with Gasteiger partial charge in [0.2, 0.25) is 0 Å². The van der Waals surface area contributed by atoms with Crippen LogP contribution in [0.4, 0.5) is 45.2 Å². The molecular weight excluding hydrogens is 317 g/mol. The first-order valence-electron chi connectivity index (χ1n) is 5.27. The summed E-state index contributed by atoms with van der Waals surface area (Å²) in [7, 11) is 0. The molecule has 0 spiro atoms. The lowest BCUT2D eigenvalue weighted by Gasteiger charge is -2.39. The lowest BCUT2D eigenvalue weighted by Crippen LogP contribution is -2.70. The van der Waals surface area contributed by atoms with E-state index in [1.54, 1.807) is 0 Å². The Morgan fingerprint density at radius 1 is 0.667 bits per heavy atom. The van der Waals surface area contributed by atoms with E-state index < -0.39 is 29.8 Å². The molecule has 0 amide bonds. The summed E-state index contributed by atoms with van der Waals surface area (Å²) < 4.78 is 114. The van der Waals surface area contributed by atoms with Crippen LogP contribution in [0.1, 0.15) is 5.56 Å². The average molecular weight is 325 g/mol. The Balaban J connectivity index is 3.47. The molecule has 0 aliphatic rings. The Bertz CT molecular complexity index is 444. The van der Waals surface area contributed by atoms with Gasteiger partial charge in [-0.3, -0.25) is 0 Å². The summed E-state index contributed by atoms with van der Waals surface area (Å²) in [5.74, 6) is 0. The van der Waals surface area contributed by atoms with Crippen LogP contribution in [-0.4, -0.2) is 24.1 Å². The van der Waals surface area contributed by atoms with Gasteiger partial charge >= 0.3 is 24.1 Å². The van der Waals surface area contributed by atoms with Crippen LogP contribution in [0.15, 0.2) is 24.3 Å². The second-order valence-electron chi connectivity index (χ2n) is 4.23. The Kier molecular flexibility index (Phi) is 4.14. The topological polar surface area (TPSA) is 12.0 Å². The van der Waals surface area contributed by atoms with Crippen LogP contribution >= 0.6 is 0 Å². The van der Waals surface area contributed by atoms with Crippen LogP contribution in [0.25, 0.3) is 0 Å². The molecule has 0 atom stereocenters. The van der Waals surface area contributed by atoms with Crippen molar-refractivity contribution in [1.82, 2.24) is 0 Å². The first-order valence-corrected chi connectivity index (χ1v) is 5.27. The average Bonchev–Trinajstić information content (AvgIpc) is 2.22. The van der Waals surface area contributed by atoms with Crippen LogP contribution in [0, 0.1) is 6.92 Å². The molecule has 0 unspecified atom stereocenters. The van der Waals surface area contributed by atoms with E-state index in [2.05, 4.69) is 0 Å². The Morgan fingerprint density at radius 3 is 1.29 bits per heavy atom. The zero-order chi connectivity index (χ0) is 16.7. The predicted octanol–water partition coefficient (Wildman–Crippen LogP) is 4.83. The maximum atomic E-state index is 12.6. The lowest BCUT2D eigenvalue weighted by atomic mass is 9.96. The highest BCUT2D eigenvalue weighted by molar-refractivity contribution is 5.49. The summed E-state index contributed by atoms with van der Waals surface area (Å²) in [4.78, 5) is 0. The number of halogens is 9. The number of hydrogen-bond donors (Lipinski definition) is 1. The molecule has 0 aromatic heterocycles. The van der Waals surface area contributed by atoms with E-state index in [1.165, 1.54) is 6.92 Å². The minimum absolute atomic E-state index is 0.456. The third-order valence-corrected chi connectivity index (χ3v) is 2.66. The third kappa shape index (κ3) is 3.03. The van der Waals surface area contributed by atoms with Gasteiger partial charge in [-0.05, 0) is 19.1 Å². The van der Waals surface area contributed by atoms with Gasteiger partial charge < -0.3 is 5.32 Å². The number of alkyl halides is 9. The SMILES string of the molecule is Cc1ccc(NC(C(F)(F)F)(C(F)(F)F)C(F)(F)F)cc1. The molecule has 0 aliphatic carbocycles. The summed E-state index contributed by atoms with van der Waals surface area (Å²) in [6, 6.07) is 3.56. The minimum Gasteiger partial charge on any atom is -0.357 e. The third-order valence-electron chi connectivity index (χ3n) is 2.66. The molecule has 0 bridgehead atoms. The van der Waals surface area contributed by atoms with E-state index in [1.807, 2.05) is 0 Å². The number of nitrogens with one attached hydrogen (secondary N) is 1. The van der Waals surface area contributed by atoms with Gasteiger partial charge in [0.05, 0.1) is 0 Å². The summed E-state index contributed by atoms with van der Waals surface area (Å²) in [6.07, 6.45) is -19.9. The van der Waals surface area contributed by atoms with Gasteiger partial charge in [0, 0.05) is 5.69 Å². The van der Waals surface area contributed by atoms with Crippen molar-refractivity contribution in [2.24, 2.45) is 0 Å². The highest BCUT2D eigenvalue weighted by Gasteiger charge is 2.84. The van der Waals surface area contributed by atoms with Crippen LogP contribution in [0.2, 0.25) is 0 Å². The summed E-state index contributed by atoms with van der Waals surface area (Å²) in [5, 5.41) is 0.565. The number of benzene rings is 1. The first-order chi connectivity index (χ1) is 9.22. The number of hydrogen-bond acceptors (Lipinski definition) is 1. The van der Waals surface area contributed by atoms with Gasteiger partial charge in [0.1, 0.15) is 0 Å². The first kappa shape index (κ1) is 17.4. The minimum atomic E-state index is -6.63. The van der Waals surface area contributed by atoms with Crippen molar-refractivity contribution in [3.8, 4) is 0 Å². The van der Waals surface area contributed by atoms with Gasteiger partial charge in [0.15, 0.2) is 0 Å². The van der Waals surface area contributed by atoms with Crippen molar-refractivity contribution in [3.05, 3.63) is 29.8 Å². The van der Waals surface area contributed by atoms with E-state index in [9.17, 15) is 39.5 Å². The second-order valence-corrected chi connectivity index (χ2v) is 4.23. The Labute approximate surface area is 112 Å². The normalized spacial score (nSPS) is 14.2. The zero-order valence-corrected chi connectivity index (χ0v) is 10.2. The molecule has 1 aromatic carbocycles. The molecule has 120 valence electrons. The van der Waals surface area contributed by atoms with Crippen LogP contribution < -0.4 is 5.32 Å². The molecular formula is C11H8F9N. The smallest absolute Gasteiger partial charge is 0.357 e. The molecule has 0 saturated heterocycles. The predicted molar refractivity (Wildman–Crippen MR) is 55.7 cm³/mol. The summed E-state index contributed by atoms with van der Waals surface area (Å²) in [6.45, 7) is 1.47. The zero-order valence-electron chi connectivity index (χ0n) is 10.2. The molecule has 1 N–H and O–H groups in total. The lowest BCUT2D eigenvalue weighted by molar-refractivity contribution is -0.370. The highest BCUT2D eigenvalue weighted by atomic mass is 19.4. The van der Waals surface area contributed by atoms with Gasteiger partial charge in [-0.1, -0.05) is 17.7 Å². The largest absolute Gasteiger partial charge is 0.429 e. The van der Waals surface area contributed by atoms with Crippen molar-refractivity contribution in [1.29, 1.82) is 0 Å². The number of aryl methyl sites for hydroxylation is 1. The van der Waals surface area contributed by atoms with E-state index in [4.69, 9.17) is 0 Å². The number of rotatable bonds is 2. The molecule has 1 nitrogen and oxygen atoms in total. The standard InChI is InChI=1S/C11H8F9N/c1-6-2-4-7(5-3-6)21-8(9(12,13)14,10(15,16)17)11(18,19)20/h2-5,21H,1H3. The fourth-order valence-corrected chi connectivity index (χ4v) is 1.55. The fourth-order valence-electron chi connectivity index (χ4n) is 1.55. The molecule has 0 saturated carbocycles. The van der Waals surface area contributed by atoms with Crippen LogP contribution in [0.5, 0.6) is 0 Å². The van der Waals surface area contributed by atoms with E-state index in [-0.39, 0.29) is 0 Å². The molecule has 10 heteroatoms. The highest BCUT2D eigenvalue weighted by Crippen LogP contribution is 2.54. The van der Waals surface area contributed by atoms with Crippen molar-refractivity contribution < 1.29 is 39.5 Å². The molecule has 0 fully saturated rings. The van der Waals surface area contributed by atoms with E-state index >= 15 is 0 Å². The molecule has 1 aromatic rings. The maximum Gasteiger partial charge on any atom is 0.429 e. The summed E-state index contributed by atoms with van der Waals surface area (Å²) >= 11 is 0. The second kappa shape index (κ2) is 4.99. The van der Waals surface area contributed by atoms with E-state index in [0.717, 1.165) is 12.1 Å². The van der Waals surface area contributed by atoms with Crippen LogP contribution in [-0.2, 0) is 0 Å². The van der Waals surface area contributed by atoms with Crippen molar-refractivity contribution in [3.63, 3.8) is 0 Å². The fraction of sp³-hybridized carbons (Fsp3) is 0.455. The molecule has 0 radical (unpaired) electrons. The molecule has 0 heterocycles. The van der Waals surface area contributed by atoms with E-state index in [0.29, 0.717) is 23.0 Å². The van der Waals surface area contributed by atoms with Crippen LogP contribution in [0.3, 0.4) is 0 Å². The maximum absolute atomic E-state index is 12.6. The Morgan fingerprint density at radius 2 is 1.00 bits per heavy atom. The quantitative estimate of drug-likeness (QED) is 0.768.